The fraction of sp³-hybridized carbons (Fsp3) is 0.636. The van der Waals surface area contributed by atoms with Crippen molar-refractivity contribution in [2.45, 2.75) is 90.1 Å². The Morgan fingerprint density at radius 1 is 1.07 bits per heavy atom. The Labute approximate surface area is 166 Å². The largest absolute Gasteiger partial charge is 0.466 e. The maximum absolute atomic E-state index is 13.3. The fourth-order valence-corrected chi connectivity index (χ4v) is 5.64. The lowest BCUT2D eigenvalue weighted by atomic mass is 9.94. The first-order valence-corrected chi connectivity index (χ1v) is 11.3. The summed E-state index contributed by atoms with van der Waals surface area (Å²) in [4.78, 5) is 21.2. The molecular weight excluding hydrogens is 356 g/mol. The molecule has 2 heterocycles. The summed E-state index contributed by atoms with van der Waals surface area (Å²) in [6.07, 6.45) is 14.1. The number of rotatable bonds is 3. The van der Waals surface area contributed by atoms with Gasteiger partial charge in [0.1, 0.15) is 11.5 Å². The zero-order chi connectivity index (χ0) is 18.8. The highest BCUT2D eigenvalue weighted by molar-refractivity contribution is 8.18. The number of carbonyl (C=O) groups is 1. The quantitative estimate of drug-likeness (QED) is 0.614. The average Bonchev–Trinajstić information content (AvgIpc) is 3.15. The summed E-state index contributed by atoms with van der Waals surface area (Å²) in [5.74, 6) is 1.89. The number of aliphatic imine (C=N–C) groups is 1. The van der Waals surface area contributed by atoms with Crippen molar-refractivity contribution in [1.82, 2.24) is 4.90 Å². The van der Waals surface area contributed by atoms with E-state index in [1.54, 1.807) is 11.8 Å². The monoisotopic (exact) mass is 386 g/mol. The van der Waals surface area contributed by atoms with Gasteiger partial charge in [-0.25, -0.2) is 0 Å². The number of amidine groups is 1. The van der Waals surface area contributed by atoms with Crippen molar-refractivity contribution in [3.8, 4) is 0 Å². The molecule has 1 aromatic heterocycles. The Bertz CT molecular complexity index is 752. The van der Waals surface area contributed by atoms with Crippen LogP contribution in [0.15, 0.2) is 20.4 Å². The Morgan fingerprint density at radius 3 is 2.37 bits per heavy atom. The van der Waals surface area contributed by atoms with Gasteiger partial charge >= 0.3 is 0 Å². The summed E-state index contributed by atoms with van der Waals surface area (Å²) in [5, 5.41) is 0.947. The molecule has 0 bridgehead atoms. The van der Waals surface area contributed by atoms with E-state index < -0.39 is 0 Å². The highest BCUT2D eigenvalue weighted by Gasteiger charge is 2.39. The van der Waals surface area contributed by atoms with Crippen LogP contribution in [-0.2, 0) is 4.79 Å². The van der Waals surface area contributed by atoms with E-state index in [-0.39, 0.29) is 5.91 Å². The van der Waals surface area contributed by atoms with E-state index in [2.05, 4.69) is 0 Å². The molecule has 1 saturated heterocycles. The summed E-state index contributed by atoms with van der Waals surface area (Å²) in [6.45, 7) is 3.91. The fourth-order valence-electron chi connectivity index (χ4n) is 4.54. The van der Waals surface area contributed by atoms with Gasteiger partial charge in [0.25, 0.3) is 5.91 Å². The lowest BCUT2D eigenvalue weighted by Gasteiger charge is -2.31. The summed E-state index contributed by atoms with van der Waals surface area (Å²) < 4.78 is 5.64. The van der Waals surface area contributed by atoms with Crippen molar-refractivity contribution in [2.75, 3.05) is 0 Å². The SMILES string of the molecule is Cc1cc(/C=C2\SC(=NC3CCCCC3)N(C3CCCCC3)C2=O)c(C)o1. The number of furan rings is 1. The van der Waals surface area contributed by atoms with Gasteiger partial charge in [0, 0.05) is 11.6 Å². The van der Waals surface area contributed by atoms with Crippen LogP contribution in [0, 0.1) is 13.8 Å². The van der Waals surface area contributed by atoms with Gasteiger partial charge in [0.15, 0.2) is 5.17 Å². The first kappa shape index (κ1) is 18.9. The van der Waals surface area contributed by atoms with Crippen LogP contribution in [-0.4, -0.2) is 28.1 Å². The van der Waals surface area contributed by atoms with Crippen molar-refractivity contribution in [3.63, 3.8) is 0 Å². The molecule has 0 atom stereocenters. The summed E-state index contributed by atoms with van der Waals surface area (Å²) in [6, 6.07) is 2.72. The first-order chi connectivity index (χ1) is 13.1. The maximum atomic E-state index is 13.3. The zero-order valence-electron chi connectivity index (χ0n) is 16.5. The molecule has 146 valence electrons. The van der Waals surface area contributed by atoms with Gasteiger partial charge in [-0.2, -0.15) is 0 Å². The first-order valence-electron chi connectivity index (χ1n) is 10.5. The molecule has 2 saturated carbocycles. The molecule has 0 unspecified atom stereocenters. The van der Waals surface area contributed by atoms with E-state index >= 15 is 0 Å². The van der Waals surface area contributed by atoms with E-state index in [0.717, 1.165) is 52.8 Å². The third kappa shape index (κ3) is 4.18. The maximum Gasteiger partial charge on any atom is 0.267 e. The molecule has 4 nitrogen and oxygen atoms in total. The predicted octanol–water partition coefficient (Wildman–Crippen LogP) is 5.83. The van der Waals surface area contributed by atoms with Gasteiger partial charge in [-0.1, -0.05) is 38.5 Å². The minimum atomic E-state index is 0.139. The van der Waals surface area contributed by atoms with Crippen molar-refractivity contribution in [2.24, 2.45) is 4.99 Å². The normalized spacial score (nSPS) is 25.9. The van der Waals surface area contributed by atoms with E-state index in [9.17, 15) is 4.79 Å². The van der Waals surface area contributed by atoms with Gasteiger partial charge in [0.2, 0.25) is 0 Å². The molecule has 1 aliphatic heterocycles. The average molecular weight is 387 g/mol. The highest BCUT2D eigenvalue weighted by atomic mass is 32.2. The van der Waals surface area contributed by atoms with Crippen molar-refractivity contribution >= 4 is 28.9 Å². The van der Waals surface area contributed by atoms with Crippen LogP contribution in [0.2, 0.25) is 0 Å². The summed E-state index contributed by atoms with van der Waals surface area (Å²) in [7, 11) is 0. The van der Waals surface area contributed by atoms with Crippen LogP contribution in [0.5, 0.6) is 0 Å². The smallest absolute Gasteiger partial charge is 0.267 e. The van der Waals surface area contributed by atoms with E-state index in [0.29, 0.717) is 12.1 Å². The standard InChI is InChI=1S/C22H30N2O2S/c1-15-13-17(16(2)26-15)14-20-21(25)24(19-11-7-4-8-12-19)22(27-20)23-18-9-5-3-6-10-18/h13-14,18-19H,3-12H2,1-2H3/b20-14-,23-22?. The van der Waals surface area contributed by atoms with Crippen LogP contribution < -0.4 is 0 Å². The van der Waals surface area contributed by atoms with E-state index in [4.69, 9.17) is 9.41 Å². The van der Waals surface area contributed by atoms with Gasteiger partial charge in [-0.3, -0.25) is 14.7 Å². The molecule has 3 fully saturated rings. The van der Waals surface area contributed by atoms with Crippen LogP contribution in [0.4, 0.5) is 0 Å². The number of amides is 1. The van der Waals surface area contributed by atoms with E-state index in [1.807, 2.05) is 30.9 Å². The second-order valence-corrected chi connectivity index (χ2v) is 9.16. The number of hydrogen-bond donors (Lipinski definition) is 0. The van der Waals surface area contributed by atoms with Gasteiger partial charge in [0.05, 0.1) is 10.9 Å². The molecule has 0 aromatic carbocycles. The Balaban J connectivity index is 1.64. The number of thioether (sulfide) groups is 1. The van der Waals surface area contributed by atoms with Crippen molar-refractivity contribution < 1.29 is 9.21 Å². The van der Waals surface area contributed by atoms with E-state index in [1.165, 1.54) is 38.5 Å². The predicted molar refractivity (Wildman–Crippen MR) is 112 cm³/mol. The topological polar surface area (TPSA) is 45.8 Å². The van der Waals surface area contributed by atoms with Crippen LogP contribution in [0.25, 0.3) is 6.08 Å². The van der Waals surface area contributed by atoms with Gasteiger partial charge in [-0.15, -0.1) is 0 Å². The number of aryl methyl sites for hydroxylation is 2. The molecule has 0 spiro atoms. The number of nitrogens with zero attached hydrogens (tertiary/aromatic N) is 2. The van der Waals surface area contributed by atoms with Crippen LogP contribution >= 0.6 is 11.8 Å². The zero-order valence-corrected chi connectivity index (χ0v) is 17.3. The number of carbonyl (C=O) groups excluding carboxylic acids is 1. The van der Waals surface area contributed by atoms with Crippen LogP contribution in [0.1, 0.15) is 81.3 Å². The second kappa shape index (κ2) is 8.26. The highest BCUT2D eigenvalue weighted by Crippen LogP contribution is 2.38. The van der Waals surface area contributed by atoms with Crippen LogP contribution in [0.3, 0.4) is 0 Å². The second-order valence-electron chi connectivity index (χ2n) is 8.15. The minimum Gasteiger partial charge on any atom is -0.466 e. The molecule has 1 amide bonds. The summed E-state index contributed by atoms with van der Waals surface area (Å²) >= 11 is 1.57. The molecule has 4 rings (SSSR count). The Morgan fingerprint density at radius 2 is 1.74 bits per heavy atom. The molecule has 0 N–H and O–H groups in total. The van der Waals surface area contributed by atoms with Crippen molar-refractivity contribution in [3.05, 3.63) is 28.1 Å². The third-order valence-electron chi connectivity index (χ3n) is 6.01. The number of hydrogen-bond acceptors (Lipinski definition) is 4. The lowest BCUT2D eigenvalue weighted by molar-refractivity contribution is -0.124. The molecule has 1 aromatic rings. The molecule has 27 heavy (non-hydrogen) atoms. The Kier molecular flexibility index (Phi) is 5.76. The molecule has 2 aliphatic carbocycles. The molecule has 0 radical (unpaired) electrons. The Hall–Kier alpha value is -1.49. The third-order valence-corrected chi connectivity index (χ3v) is 7.01. The van der Waals surface area contributed by atoms with Gasteiger partial charge < -0.3 is 4.42 Å². The lowest BCUT2D eigenvalue weighted by Crippen LogP contribution is -2.41. The minimum absolute atomic E-state index is 0.139. The van der Waals surface area contributed by atoms with Gasteiger partial charge in [-0.05, 0) is 63.4 Å². The van der Waals surface area contributed by atoms with Crippen molar-refractivity contribution in [1.29, 1.82) is 0 Å². The molecule has 3 aliphatic rings. The summed E-state index contributed by atoms with van der Waals surface area (Å²) in [5.41, 5.74) is 1.01. The molecular formula is C22H30N2O2S. The molecule has 5 heteroatoms.